The number of nitrogens with zero attached hydrogens (tertiary/aromatic N) is 7. The summed E-state index contributed by atoms with van der Waals surface area (Å²) in [5, 5.41) is 5.72. The van der Waals surface area contributed by atoms with Crippen molar-refractivity contribution in [3.05, 3.63) is 480 Å². The maximum atomic E-state index is 4.69. The van der Waals surface area contributed by atoms with Crippen LogP contribution < -0.4 is 20.7 Å². The van der Waals surface area contributed by atoms with Crippen molar-refractivity contribution >= 4 is 53.0 Å². The molecule has 0 aliphatic rings. The molecule has 0 fully saturated rings. The van der Waals surface area contributed by atoms with Gasteiger partial charge < -0.3 is 34.9 Å². The summed E-state index contributed by atoms with van der Waals surface area (Å²) in [4.78, 5) is 31.7. The normalized spacial score (nSPS) is 10.6. The van der Waals surface area contributed by atoms with Crippen LogP contribution in [0.3, 0.4) is 0 Å². The number of hydrogen-bond acceptors (Lipinski definition) is 7. The first-order chi connectivity index (χ1) is 63.5. The van der Waals surface area contributed by atoms with Crippen molar-refractivity contribution in [3.63, 3.8) is 0 Å². The maximum Gasteiger partial charge on any atom is 0.0795 e. The predicted molar refractivity (Wildman–Crippen MR) is 563 cm³/mol. The van der Waals surface area contributed by atoms with Crippen LogP contribution >= 0.6 is 0 Å². The molecular weight excluding hydrogens is 2420 g/mol. The number of pyridine rings is 7. The quantitative estimate of drug-likeness (QED) is 0.0703. The average Bonchev–Trinajstić information content (AvgIpc) is 0.794. The fourth-order valence-electron chi connectivity index (χ4n) is 14.6. The molecule has 0 unspecified atom stereocenters. The maximum absolute atomic E-state index is 4.69. The molecule has 0 aliphatic heterocycles. The molecule has 0 saturated heterocycles. The van der Waals surface area contributed by atoms with Crippen LogP contribution in [-0.4, -0.2) is 67.2 Å². The molecule has 7 heterocycles. The van der Waals surface area contributed by atoms with Gasteiger partial charge in [-0.3, -0.25) is 0 Å². The van der Waals surface area contributed by atoms with Gasteiger partial charge in [-0.05, 0) is 114 Å². The summed E-state index contributed by atoms with van der Waals surface area (Å²) >= 11 is 0. The Bertz CT molecular complexity index is 6210. The molecule has 0 amide bonds. The Balaban J connectivity index is 0.000000178. The van der Waals surface area contributed by atoms with Crippen molar-refractivity contribution in [3.8, 4) is 134 Å². The topological polar surface area (TPSA) is 90.2 Å². The fourth-order valence-corrected chi connectivity index (χ4v) is 20.4. The third-order valence-corrected chi connectivity index (χ3v) is 29.8. The summed E-state index contributed by atoms with van der Waals surface area (Å²) < 4.78 is 0. The van der Waals surface area contributed by atoms with Gasteiger partial charge in [-0.1, -0.05) is 306 Å². The van der Waals surface area contributed by atoms with Gasteiger partial charge in [-0.15, -0.1) is 251 Å². The van der Waals surface area contributed by atoms with Crippen molar-refractivity contribution in [1.82, 2.24) is 34.9 Å². The smallest absolute Gasteiger partial charge is 0.0795 e. The number of benzene rings is 12. The minimum absolute atomic E-state index is 0. The van der Waals surface area contributed by atoms with E-state index >= 15 is 0 Å². The molecule has 0 spiro atoms. The van der Waals surface area contributed by atoms with E-state index in [0.29, 0.717) is 0 Å². The van der Waals surface area contributed by atoms with Gasteiger partial charge in [-0.25, -0.2) is 0 Å². The van der Waals surface area contributed by atoms with Gasteiger partial charge in [0.1, 0.15) is 0 Å². The Morgan fingerprint density at radius 3 is 0.711 bits per heavy atom. The molecule has 7 aromatic heterocycles. The molecule has 684 valence electrons. The molecule has 0 atom stereocenters. The zero-order valence-corrected chi connectivity index (χ0v) is 92.0. The molecule has 135 heavy (non-hydrogen) atoms. The Morgan fingerprint density at radius 1 is 0.185 bits per heavy atom. The molecule has 15 heteroatoms. The Kier molecular flexibility index (Phi) is 41.8. The average molecular weight is 2530 g/mol. The Morgan fingerprint density at radius 2 is 0.444 bits per heavy atom. The largest absolute Gasteiger partial charge is 0.305 e. The van der Waals surface area contributed by atoms with E-state index in [0.717, 1.165) is 78.8 Å². The van der Waals surface area contributed by atoms with Crippen molar-refractivity contribution in [2.24, 2.45) is 0 Å². The van der Waals surface area contributed by atoms with Gasteiger partial charge in [0.25, 0.3) is 0 Å². The number of aryl methyl sites for hydroxylation is 1. The summed E-state index contributed by atoms with van der Waals surface area (Å²) in [6.45, 7) is 30.6. The van der Waals surface area contributed by atoms with Crippen molar-refractivity contribution in [2.45, 2.75) is 85.5 Å². The van der Waals surface area contributed by atoms with Crippen LogP contribution in [0, 0.1) is 49.4 Å². The summed E-state index contributed by atoms with van der Waals surface area (Å²) in [5.74, 6) is 0. The van der Waals surface area contributed by atoms with E-state index in [1.54, 1.807) is 12.4 Å². The van der Waals surface area contributed by atoms with Gasteiger partial charge in [0, 0.05) is 129 Å². The minimum atomic E-state index is -1.48. The van der Waals surface area contributed by atoms with Crippen LogP contribution in [0.15, 0.2) is 432 Å². The molecule has 7 nitrogen and oxygen atoms in total. The van der Waals surface area contributed by atoms with Gasteiger partial charge >= 0.3 is 0 Å². The zero-order valence-electron chi connectivity index (χ0n) is 78.5. The first-order valence-electron chi connectivity index (χ1n) is 44.4. The van der Waals surface area contributed by atoms with E-state index in [1.165, 1.54) is 81.9 Å². The number of rotatable bonds is 16. The molecule has 4 radical (unpaired) electrons. The first-order valence-corrected chi connectivity index (χ1v) is 58.4. The van der Waals surface area contributed by atoms with E-state index in [-0.39, 0.29) is 80.4 Å². The van der Waals surface area contributed by atoms with Gasteiger partial charge in [0.2, 0.25) is 0 Å². The summed E-state index contributed by atoms with van der Waals surface area (Å²) in [5.41, 5.74) is 27.8. The van der Waals surface area contributed by atoms with Crippen molar-refractivity contribution in [1.29, 1.82) is 0 Å². The fraction of sp³-hybridized carbons (Fsp3) is 0.108. The molecular formula is C120H110Ir4N7Si4-7. The van der Waals surface area contributed by atoms with E-state index in [9.17, 15) is 0 Å². The van der Waals surface area contributed by atoms with Crippen molar-refractivity contribution < 1.29 is 80.4 Å². The molecule has 0 N–H and O–H groups in total. The monoisotopic (exact) mass is 2530 g/mol. The summed E-state index contributed by atoms with van der Waals surface area (Å²) in [7, 11) is -5.73. The van der Waals surface area contributed by atoms with Crippen LogP contribution in [0.5, 0.6) is 0 Å². The molecule has 12 aromatic carbocycles. The molecule has 0 aliphatic carbocycles. The van der Waals surface area contributed by atoms with E-state index in [2.05, 4.69) is 342 Å². The molecule has 0 saturated carbocycles. The Labute approximate surface area is 859 Å². The van der Waals surface area contributed by atoms with Crippen LogP contribution in [0.25, 0.3) is 134 Å². The summed E-state index contributed by atoms with van der Waals surface area (Å²) in [6.07, 6.45) is 13.6. The van der Waals surface area contributed by atoms with Crippen LogP contribution in [-0.2, 0) is 80.4 Å². The zero-order chi connectivity index (χ0) is 91.8. The van der Waals surface area contributed by atoms with Gasteiger partial charge in [0.05, 0.1) is 32.3 Å². The van der Waals surface area contributed by atoms with Crippen molar-refractivity contribution in [2.75, 3.05) is 0 Å². The molecule has 19 aromatic rings. The Hall–Kier alpha value is -11.8. The predicted octanol–water partition coefficient (Wildman–Crippen LogP) is 28.7. The van der Waals surface area contributed by atoms with E-state index in [1.807, 2.05) is 225 Å². The van der Waals surface area contributed by atoms with Crippen LogP contribution in [0.1, 0.15) is 5.56 Å². The SMILES string of the molecule is C[Si](C)(C)c1cc(-c2[c-]cccc2)ncc1-c1ccccc1.C[Si](C)(C)c1cc(-c2[c-]cccc2)ncc1-c1ccccc1.C[Si](C)(C)c1cc(-c2[c-]cccc2)ncc1-c1ccccc1.C[Si](C)(C)c1ccc(-c2[c-]ccc(-c3ccccc3)c2)nc1.Cc1cc(-c2[c-]cccc2)ncc1-c1ccccc1.[Ir].[Ir].[Ir].[Ir].[c-]1ccccc1-c1ccccn1.[c-]1ccccc1-c1ccccn1. The second-order valence-corrected chi connectivity index (χ2v) is 55.8. The third-order valence-electron chi connectivity index (χ3n) is 21.6. The third kappa shape index (κ3) is 31.6. The standard InChI is InChI=1S/4C20H20NSi.C18H14N.2C11H8N.4Ir/c3*1-22(2,3)20-14-19(17-12-8-5-9-13-17)21-15-18(20)16-10-6-4-7-11-16;1-22(2,3)19-12-13-20(21-15-19)18-11-7-10-17(14-18)16-8-5-4-6-9-16;1-14-12-18(16-10-6-3-7-11-16)19-13-17(14)15-8-4-2-5-9-15;2*1-2-6-10(7-3-1)11-8-4-5-9-12-11;;;;/h3*4-12,14-15H,1-3H3;4-10,12-15H,1-3H3;2-10,12-13H,1H3;2*1-6,8-9H;;;;/q7*-1;;;;. The second kappa shape index (κ2) is 52.9. The first kappa shape index (κ1) is 107. The van der Waals surface area contributed by atoms with E-state index < -0.39 is 32.3 Å². The molecule has 0 bridgehead atoms. The van der Waals surface area contributed by atoms with Crippen LogP contribution in [0.2, 0.25) is 78.6 Å². The minimum Gasteiger partial charge on any atom is -0.305 e. The second-order valence-electron chi connectivity index (χ2n) is 35.6. The van der Waals surface area contributed by atoms with Gasteiger partial charge in [-0.2, -0.15) is 0 Å². The number of aromatic nitrogens is 7. The molecule has 19 rings (SSSR count). The number of hydrogen-bond donors (Lipinski definition) is 0. The van der Waals surface area contributed by atoms with E-state index in [4.69, 9.17) is 15.0 Å². The van der Waals surface area contributed by atoms with Crippen LogP contribution in [0.4, 0.5) is 0 Å². The summed E-state index contributed by atoms with van der Waals surface area (Å²) in [6, 6.07) is 154. The van der Waals surface area contributed by atoms with Gasteiger partial charge in [0.15, 0.2) is 0 Å².